The van der Waals surface area contributed by atoms with Crippen LogP contribution in [0.3, 0.4) is 0 Å². The first-order valence-electron chi connectivity index (χ1n) is 8.27. The summed E-state index contributed by atoms with van der Waals surface area (Å²) < 4.78 is 33.2. The summed E-state index contributed by atoms with van der Waals surface area (Å²) in [6.07, 6.45) is 0. The smallest absolute Gasteiger partial charge is 0.243 e. The van der Waals surface area contributed by atoms with Crippen LogP contribution in [0.15, 0.2) is 53.4 Å². The van der Waals surface area contributed by atoms with E-state index >= 15 is 0 Å². The normalized spacial score (nSPS) is 11.9. The van der Waals surface area contributed by atoms with Gasteiger partial charge in [0, 0.05) is 24.7 Å². The average Bonchev–Trinajstić information content (AvgIpc) is 2.60. The van der Waals surface area contributed by atoms with E-state index in [0.29, 0.717) is 18.8 Å². The van der Waals surface area contributed by atoms with Gasteiger partial charge in [-0.3, -0.25) is 0 Å². The summed E-state index contributed by atoms with van der Waals surface area (Å²) in [4.78, 5) is 0.281. The van der Waals surface area contributed by atoms with Gasteiger partial charge in [-0.25, -0.2) is 8.42 Å². The zero-order valence-corrected chi connectivity index (χ0v) is 16.0. The Balaban J connectivity index is 2.41. The van der Waals surface area contributed by atoms with Gasteiger partial charge in [-0.2, -0.15) is 4.31 Å². The highest BCUT2D eigenvalue weighted by Crippen LogP contribution is 2.26. The summed E-state index contributed by atoms with van der Waals surface area (Å²) >= 11 is 0. The van der Waals surface area contributed by atoms with Crippen molar-refractivity contribution < 1.29 is 13.2 Å². The van der Waals surface area contributed by atoms with E-state index in [1.54, 1.807) is 25.3 Å². The predicted octanol–water partition coefficient (Wildman–Crippen LogP) is 3.01. The number of nitrogens with one attached hydrogen (secondary N) is 1. The zero-order chi connectivity index (χ0) is 18.4. The maximum absolute atomic E-state index is 13.2. The molecule has 0 saturated carbocycles. The number of sulfonamides is 1. The molecular weight excluding hydrogens is 336 g/mol. The number of nitrogens with zero attached hydrogens (tertiary/aromatic N) is 1. The maximum atomic E-state index is 13.2. The fourth-order valence-electron chi connectivity index (χ4n) is 2.69. The van der Waals surface area contributed by atoms with Gasteiger partial charge in [-0.15, -0.1) is 0 Å². The SMILES string of the molecule is CNCc1cc(S(=O)(=O)N(Cc2ccccc2)C(C)C)ccc1OC. The van der Waals surface area contributed by atoms with Gasteiger partial charge in [0.2, 0.25) is 10.0 Å². The van der Waals surface area contributed by atoms with Gasteiger partial charge >= 0.3 is 0 Å². The number of rotatable bonds is 8. The lowest BCUT2D eigenvalue weighted by Gasteiger charge is -2.26. The summed E-state index contributed by atoms with van der Waals surface area (Å²) in [5.41, 5.74) is 1.78. The fraction of sp³-hybridized carbons (Fsp3) is 0.368. The summed E-state index contributed by atoms with van der Waals surface area (Å²) in [5.74, 6) is 0.674. The van der Waals surface area contributed by atoms with E-state index < -0.39 is 10.0 Å². The molecule has 136 valence electrons. The summed E-state index contributed by atoms with van der Waals surface area (Å²) in [6, 6.07) is 14.5. The first kappa shape index (κ1) is 19.4. The van der Waals surface area contributed by atoms with Gasteiger partial charge in [0.05, 0.1) is 12.0 Å². The highest BCUT2D eigenvalue weighted by Gasteiger charge is 2.27. The van der Waals surface area contributed by atoms with Crippen molar-refractivity contribution in [3.05, 3.63) is 59.7 Å². The first-order chi connectivity index (χ1) is 11.9. The molecule has 0 aliphatic heterocycles. The minimum atomic E-state index is -3.61. The Labute approximate surface area is 150 Å². The second-order valence-electron chi connectivity index (χ2n) is 6.13. The van der Waals surface area contributed by atoms with Crippen molar-refractivity contribution in [3.8, 4) is 5.75 Å². The Morgan fingerprint density at radius 2 is 1.80 bits per heavy atom. The van der Waals surface area contributed by atoms with Crippen molar-refractivity contribution in [1.82, 2.24) is 9.62 Å². The number of methoxy groups -OCH3 is 1. The van der Waals surface area contributed by atoms with Crippen LogP contribution in [-0.2, 0) is 23.1 Å². The second kappa shape index (κ2) is 8.47. The number of ether oxygens (including phenoxy) is 1. The van der Waals surface area contributed by atoms with Crippen LogP contribution in [0.5, 0.6) is 5.75 Å². The minimum absolute atomic E-state index is 0.153. The van der Waals surface area contributed by atoms with Crippen LogP contribution in [0.2, 0.25) is 0 Å². The topological polar surface area (TPSA) is 58.6 Å². The van der Waals surface area contributed by atoms with Crippen LogP contribution >= 0.6 is 0 Å². The summed E-state index contributed by atoms with van der Waals surface area (Å²) in [6.45, 7) is 4.65. The Kier molecular flexibility index (Phi) is 6.58. The monoisotopic (exact) mass is 362 g/mol. The lowest BCUT2D eigenvalue weighted by atomic mass is 10.2. The molecule has 0 aliphatic carbocycles. The van der Waals surface area contributed by atoms with Crippen LogP contribution in [0.4, 0.5) is 0 Å². The molecule has 0 spiro atoms. The molecule has 5 nitrogen and oxygen atoms in total. The van der Waals surface area contributed by atoms with Gasteiger partial charge in [-0.1, -0.05) is 30.3 Å². The molecule has 2 aromatic rings. The summed E-state index contributed by atoms with van der Waals surface area (Å²) in [7, 11) is -0.217. The molecule has 1 N–H and O–H groups in total. The van der Waals surface area contributed by atoms with Crippen molar-refractivity contribution in [2.75, 3.05) is 14.2 Å². The van der Waals surface area contributed by atoms with Gasteiger partial charge in [0.1, 0.15) is 5.75 Å². The third-order valence-electron chi connectivity index (χ3n) is 3.98. The number of hydrogen-bond donors (Lipinski definition) is 1. The van der Waals surface area contributed by atoms with Crippen LogP contribution in [0, 0.1) is 0 Å². The Bertz CT molecular complexity index is 790. The fourth-order valence-corrected chi connectivity index (χ4v) is 4.36. The molecule has 0 radical (unpaired) electrons. The van der Waals surface area contributed by atoms with Gasteiger partial charge in [-0.05, 0) is 44.7 Å². The molecule has 0 atom stereocenters. The third-order valence-corrected chi connectivity index (χ3v) is 6.00. The van der Waals surface area contributed by atoms with E-state index in [1.165, 1.54) is 4.31 Å². The molecule has 6 heteroatoms. The van der Waals surface area contributed by atoms with E-state index in [9.17, 15) is 8.42 Å². The van der Waals surface area contributed by atoms with Crippen LogP contribution in [0.1, 0.15) is 25.0 Å². The largest absolute Gasteiger partial charge is 0.496 e. The molecule has 0 aromatic heterocycles. The quantitative estimate of drug-likeness (QED) is 0.784. The van der Waals surface area contributed by atoms with Gasteiger partial charge in [0.25, 0.3) is 0 Å². The first-order valence-corrected chi connectivity index (χ1v) is 9.71. The highest BCUT2D eigenvalue weighted by molar-refractivity contribution is 7.89. The van der Waals surface area contributed by atoms with Crippen LogP contribution in [-0.4, -0.2) is 32.9 Å². The molecule has 0 unspecified atom stereocenters. The predicted molar refractivity (Wildman–Crippen MR) is 100 cm³/mol. The molecule has 0 saturated heterocycles. The second-order valence-corrected chi connectivity index (χ2v) is 8.02. The molecule has 0 fully saturated rings. The van der Waals surface area contributed by atoms with E-state index in [4.69, 9.17) is 4.74 Å². The van der Waals surface area contributed by atoms with Crippen molar-refractivity contribution in [1.29, 1.82) is 0 Å². The lowest BCUT2D eigenvalue weighted by Crippen LogP contribution is -2.36. The zero-order valence-electron chi connectivity index (χ0n) is 15.2. The van der Waals surface area contributed by atoms with Crippen molar-refractivity contribution in [2.45, 2.75) is 37.9 Å². The number of hydrogen-bond acceptors (Lipinski definition) is 4. The Morgan fingerprint density at radius 3 is 2.36 bits per heavy atom. The standard InChI is InChI=1S/C19H26N2O3S/c1-15(2)21(14-16-8-6-5-7-9-16)25(22,23)18-10-11-19(24-4)17(12-18)13-20-3/h5-12,15,20H,13-14H2,1-4H3. The summed E-state index contributed by atoms with van der Waals surface area (Å²) in [5, 5.41) is 3.04. The lowest BCUT2D eigenvalue weighted by molar-refractivity contribution is 0.348. The Hall–Kier alpha value is -1.89. The van der Waals surface area contributed by atoms with Gasteiger partial charge < -0.3 is 10.1 Å². The van der Waals surface area contributed by atoms with E-state index in [1.807, 2.05) is 51.2 Å². The molecule has 0 heterocycles. The minimum Gasteiger partial charge on any atom is -0.496 e. The average molecular weight is 362 g/mol. The van der Waals surface area contributed by atoms with E-state index in [-0.39, 0.29) is 10.9 Å². The molecule has 0 amide bonds. The maximum Gasteiger partial charge on any atom is 0.243 e. The molecule has 0 aliphatic rings. The number of benzene rings is 2. The molecule has 25 heavy (non-hydrogen) atoms. The third kappa shape index (κ3) is 4.60. The molecule has 2 rings (SSSR count). The van der Waals surface area contributed by atoms with Crippen molar-refractivity contribution in [2.24, 2.45) is 0 Å². The molecule has 2 aromatic carbocycles. The van der Waals surface area contributed by atoms with Gasteiger partial charge in [0.15, 0.2) is 0 Å². The van der Waals surface area contributed by atoms with Crippen molar-refractivity contribution >= 4 is 10.0 Å². The Morgan fingerprint density at radius 1 is 1.12 bits per heavy atom. The van der Waals surface area contributed by atoms with Crippen LogP contribution < -0.4 is 10.1 Å². The van der Waals surface area contributed by atoms with E-state index in [2.05, 4.69) is 5.32 Å². The molecule has 0 bridgehead atoms. The van der Waals surface area contributed by atoms with Crippen LogP contribution in [0.25, 0.3) is 0 Å². The van der Waals surface area contributed by atoms with Crippen molar-refractivity contribution in [3.63, 3.8) is 0 Å². The highest BCUT2D eigenvalue weighted by atomic mass is 32.2. The molecular formula is C19H26N2O3S. The van der Waals surface area contributed by atoms with E-state index in [0.717, 1.165) is 11.1 Å².